The molecule has 2 atom stereocenters. The molecule has 0 aliphatic carbocycles. The highest BCUT2D eigenvalue weighted by molar-refractivity contribution is 5.13. The topological polar surface area (TPSA) is 29.5 Å². The third kappa shape index (κ3) is 5.03. The molecule has 0 aliphatic rings. The summed E-state index contributed by atoms with van der Waals surface area (Å²) in [6.07, 6.45) is 2.13. The van der Waals surface area contributed by atoms with Gasteiger partial charge in [-0.3, -0.25) is 0 Å². The van der Waals surface area contributed by atoms with Gasteiger partial charge in [0.1, 0.15) is 0 Å². The third-order valence-electron chi connectivity index (χ3n) is 3.16. The molecule has 1 aromatic rings. The summed E-state index contributed by atoms with van der Waals surface area (Å²) >= 11 is 0. The zero-order valence-corrected chi connectivity index (χ0v) is 11.4. The van der Waals surface area contributed by atoms with Crippen LogP contribution in [0, 0.1) is 11.8 Å². The maximum Gasteiger partial charge on any atom is 0.0716 e. The van der Waals surface area contributed by atoms with Crippen molar-refractivity contribution in [3.63, 3.8) is 0 Å². The van der Waals surface area contributed by atoms with Crippen molar-refractivity contribution < 1.29 is 9.84 Å². The molecule has 1 N–H and O–H groups in total. The van der Waals surface area contributed by atoms with Gasteiger partial charge in [0.05, 0.1) is 12.7 Å². The van der Waals surface area contributed by atoms with Crippen LogP contribution in [0.15, 0.2) is 43.0 Å². The Labute approximate surface area is 110 Å². The fraction of sp³-hybridized carbons (Fsp3) is 0.500. The minimum atomic E-state index is -0.363. The molecule has 0 heterocycles. The molecule has 0 unspecified atom stereocenters. The lowest BCUT2D eigenvalue weighted by atomic mass is 9.89. The van der Waals surface area contributed by atoms with Gasteiger partial charge in [0.2, 0.25) is 0 Å². The number of hydrogen-bond donors (Lipinski definition) is 1. The van der Waals surface area contributed by atoms with E-state index in [0.29, 0.717) is 25.6 Å². The summed E-state index contributed by atoms with van der Waals surface area (Å²) in [6, 6.07) is 10.1. The van der Waals surface area contributed by atoms with Gasteiger partial charge in [-0.2, -0.15) is 0 Å². The van der Waals surface area contributed by atoms with Gasteiger partial charge in [0.15, 0.2) is 0 Å². The van der Waals surface area contributed by atoms with Crippen LogP contribution in [0.3, 0.4) is 0 Å². The summed E-state index contributed by atoms with van der Waals surface area (Å²) in [6.45, 7) is 9.16. The van der Waals surface area contributed by atoms with Crippen molar-refractivity contribution in [2.45, 2.75) is 33.0 Å². The van der Waals surface area contributed by atoms with Crippen LogP contribution in [0.5, 0.6) is 0 Å². The Hall–Kier alpha value is -1.12. The van der Waals surface area contributed by atoms with Crippen molar-refractivity contribution in [2.24, 2.45) is 11.8 Å². The zero-order chi connectivity index (χ0) is 13.4. The second kappa shape index (κ2) is 8.06. The lowest BCUT2D eigenvalue weighted by Crippen LogP contribution is -2.24. The van der Waals surface area contributed by atoms with E-state index in [1.165, 1.54) is 0 Å². The normalized spacial score (nSPS) is 14.4. The highest BCUT2D eigenvalue weighted by Gasteiger charge is 2.18. The molecule has 0 radical (unpaired) electrons. The van der Waals surface area contributed by atoms with Crippen LogP contribution in [0.2, 0.25) is 0 Å². The smallest absolute Gasteiger partial charge is 0.0716 e. The fourth-order valence-electron chi connectivity index (χ4n) is 2.03. The number of hydrogen-bond acceptors (Lipinski definition) is 2. The van der Waals surface area contributed by atoms with Gasteiger partial charge in [0.25, 0.3) is 0 Å². The molecule has 0 aromatic heterocycles. The quantitative estimate of drug-likeness (QED) is 0.564. The van der Waals surface area contributed by atoms with E-state index in [0.717, 1.165) is 5.56 Å². The molecule has 0 spiro atoms. The van der Waals surface area contributed by atoms with Gasteiger partial charge >= 0.3 is 0 Å². The predicted octanol–water partition coefficient (Wildman–Crippen LogP) is 3.41. The van der Waals surface area contributed by atoms with E-state index >= 15 is 0 Å². The molecule has 0 amide bonds. The maximum atomic E-state index is 10.0. The summed E-state index contributed by atoms with van der Waals surface area (Å²) in [7, 11) is 0. The van der Waals surface area contributed by atoms with Crippen LogP contribution in [0.4, 0.5) is 0 Å². The van der Waals surface area contributed by atoms with E-state index < -0.39 is 0 Å². The largest absolute Gasteiger partial charge is 0.392 e. The molecule has 100 valence electrons. The molecule has 18 heavy (non-hydrogen) atoms. The van der Waals surface area contributed by atoms with E-state index in [1.807, 2.05) is 36.4 Å². The SMILES string of the molecule is C=C[C@H](C(C)C)[C@H](O)CCOCc1ccccc1. The lowest BCUT2D eigenvalue weighted by molar-refractivity contribution is 0.0458. The summed E-state index contributed by atoms with van der Waals surface area (Å²) in [4.78, 5) is 0. The fourth-order valence-corrected chi connectivity index (χ4v) is 2.03. The van der Waals surface area contributed by atoms with E-state index in [9.17, 15) is 5.11 Å². The minimum absolute atomic E-state index is 0.144. The first kappa shape index (κ1) is 14.9. The molecule has 0 fully saturated rings. The Morgan fingerprint density at radius 1 is 1.28 bits per heavy atom. The summed E-state index contributed by atoms with van der Waals surface area (Å²) in [5.41, 5.74) is 1.16. The standard InChI is InChI=1S/C16H24O2/c1-4-15(13(2)3)16(17)10-11-18-12-14-8-6-5-7-9-14/h4-9,13,15-17H,1,10-12H2,2-3H3/t15-,16-/m1/s1. The lowest BCUT2D eigenvalue weighted by Gasteiger charge is -2.22. The second-order valence-electron chi connectivity index (χ2n) is 4.95. The molecular weight excluding hydrogens is 224 g/mol. The molecule has 0 saturated heterocycles. The minimum Gasteiger partial charge on any atom is -0.392 e. The van der Waals surface area contributed by atoms with E-state index in [-0.39, 0.29) is 12.0 Å². The Morgan fingerprint density at radius 3 is 2.50 bits per heavy atom. The van der Waals surface area contributed by atoms with Gasteiger partial charge in [-0.05, 0) is 17.9 Å². The number of aliphatic hydroxyl groups is 1. The Kier molecular flexibility index (Phi) is 6.69. The number of aliphatic hydroxyl groups excluding tert-OH is 1. The first-order valence-corrected chi connectivity index (χ1v) is 6.57. The van der Waals surface area contributed by atoms with Crippen LogP contribution >= 0.6 is 0 Å². The number of benzene rings is 1. The van der Waals surface area contributed by atoms with Crippen LogP contribution < -0.4 is 0 Å². The average Bonchev–Trinajstić information content (AvgIpc) is 2.36. The molecular formula is C16H24O2. The van der Waals surface area contributed by atoms with Crippen molar-refractivity contribution in [3.05, 3.63) is 48.6 Å². The van der Waals surface area contributed by atoms with Gasteiger partial charge in [-0.15, -0.1) is 6.58 Å². The van der Waals surface area contributed by atoms with E-state index in [1.54, 1.807) is 0 Å². The first-order chi connectivity index (χ1) is 8.65. The monoisotopic (exact) mass is 248 g/mol. The van der Waals surface area contributed by atoms with Gasteiger partial charge in [0, 0.05) is 12.5 Å². The molecule has 0 bridgehead atoms. The number of rotatable bonds is 8. The van der Waals surface area contributed by atoms with Crippen molar-refractivity contribution in [2.75, 3.05) is 6.61 Å². The molecule has 2 nitrogen and oxygen atoms in total. The number of ether oxygens (including phenoxy) is 1. The second-order valence-corrected chi connectivity index (χ2v) is 4.95. The van der Waals surface area contributed by atoms with E-state index in [4.69, 9.17) is 4.74 Å². The zero-order valence-electron chi connectivity index (χ0n) is 11.4. The predicted molar refractivity (Wildman–Crippen MR) is 75.2 cm³/mol. The Balaban J connectivity index is 2.23. The van der Waals surface area contributed by atoms with Crippen LogP contribution in [0.1, 0.15) is 25.8 Å². The van der Waals surface area contributed by atoms with Crippen LogP contribution in [0.25, 0.3) is 0 Å². The summed E-state index contributed by atoms with van der Waals surface area (Å²) < 4.78 is 5.57. The van der Waals surface area contributed by atoms with Crippen molar-refractivity contribution in [1.29, 1.82) is 0 Å². The molecule has 1 aromatic carbocycles. The maximum absolute atomic E-state index is 10.0. The Bertz CT molecular complexity index is 332. The highest BCUT2D eigenvalue weighted by Crippen LogP contribution is 2.18. The van der Waals surface area contributed by atoms with Crippen LogP contribution in [-0.4, -0.2) is 17.8 Å². The molecule has 1 rings (SSSR count). The summed E-state index contributed by atoms with van der Waals surface area (Å²) in [5.74, 6) is 0.553. The van der Waals surface area contributed by atoms with E-state index in [2.05, 4.69) is 20.4 Å². The van der Waals surface area contributed by atoms with Gasteiger partial charge in [-0.1, -0.05) is 50.3 Å². The highest BCUT2D eigenvalue weighted by atomic mass is 16.5. The van der Waals surface area contributed by atoms with Crippen molar-refractivity contribution in [3.8, 4) is 0 Å². The third-order valence-corrected chi connectivity index (χ3v) is 3.16. The van der Waals surface area contributed by atoms with Crippen molar-refractivity contribution in [1.82, 2.24) is 0 Å². The Morgan fingerprint density at radius 2 is 1.94 bits per heavy atom. The molecule has 0 saturated carbocycles. The summed E-state index contributed by atoms with van der Waals surface area (Å²) in [5, 5.41) is 10.0. The first-order valence-electron chi connectivity index (χ1n) is 6.57. The average molecular weight is 248 g/mol. The van der Waals surface area contributed by atoms with Crippen molar-refractivity contribution >= 4 is 0 Å². The molecule has 2 heteroatoms. The van der Waals surface area contributed by atoms with Crippen LogP contribution in [-0.2, 0) is 11.3 Å². The van der Waals surface area contributed by atoms with Gasteiger partial charge in [-0.25, -0.2) is 0 Å². The molecule has 0 aliphatic heterocycles. The van der Waals surface area contributed by atoms with Gasteiger partial charge < -0.3 is 9.84 Å².